The molecule has 2 aromatic carbocycles. The summed E-state index contributed by atoms with van der Waals surface area (Å²) >= 11 is 0. The fourth-order valence-corrected chi connectivity index (χ4v) is 2.39. The summed E-state index contributed by atoms with van der Waals surface area (Å²) < 4.78 is 6.22. The molecule has 0 N–H and O–H groups in total. The Morgan fingerprint density at radius 2 is 1.71 bits per heavy atom. The molecular formula is C19H25NO. The Bertz CT molecular complexity index is 563. The summed E-state index contributed by atoms with van der Waals surface area (Å²) in [5.41, 5.74) is 5.02. The lowest BCUT2D eigenvalue weighted by atomic mass is 9.95. The zero-order chi connectivity index (χ0) is 15.2. The van der Waals surface area contributed by atoms with Gasteiger partial charge < -0.3 is 9.64 Å². The molecule has 0 saturated carbocycles. The van der Waals surface area contributed by atoms with Crippen molar-refractivity contribution in [3.63, 3.8) is 0 Å². The minimum absolute atomic E-state index is 0.00560. The molecule has 0 spiro atoms. The van der Waals surface area contributed by atoms with Gasteiger partial charge in [-0.2, -0.15) is 0 Å². The van der Waals surface area contributed by atoms with E-state index in [1.165, 1.54) is 22.3 Å². The van der Waals surface area contributed by atoms with Gasteiger partial charge in [-0.15, -0.1) is 0 Å². The van der Waals surface area contributed by atoms with E-state index in [4.69, 9.17) is 4.74 Å². The molecule has 2 nitrogen and oxygen atoms in total. The average Bonchev–Trinajstić information content (AvgIpc) is 2.47. The number of likely N-dealkylation sites (N-methyl/N-ethyl adjacent to an activating group) is 1. The fourth-order valence-electron chi connectivity index (χ4n) is 2.39. The molecule has 112 valence electrons. The van der Waals surface area contributed by atoms with Crippen LogP contribution in [0.25, 0.3) is 0 Å². The van der Waals surface area contributed by atoms with Gasteiger partial charge in [0.25, 0.3) is 0 Å². The molecule has 2 heteroatoms. The minimum Gasteiger partial charge on any atom is -0.367 e. The van der Waals surface area contributed by atoms with Crippen molar-refractivity contribution in [3.8, 4) is 0 Å². The fraction of sp³-hybridized carbons (Fsp3) is 0.368. The molecule has 0 fully saturated rings. The highest BCUT2D eigenvalue weighted by atomic mass is 16.5. The highest BCUT2D eigenvalue weighted by Gasteiger charge is 2.17. The Hall–Kier alpha value is -1.64. The largest absolute Gasteiger partial charge is 0.367 e. The van der Waals surface area contributed by atoms with Crippen LogP contribution in [0.15, 0.2) is 48.5 Å². The van der Waals surface area contributed by atoms with E-state index in [0.29, 0.717) is 0 Å². The summed E-state index contributed by atoms with van der Waals surface area (Å²) in [6.07, 6.45) is 0.00560. The molecule has 0 amide bonds. The second-order valence-corrected chi connectivity index (χ2v) is 5.82. The van der Waals surface area contributed by atoms with Crippen LogP contribution in [0, 0.1) is 13.8 Å². The standard InChI is InChI=1S/C19H25NO/c1-15-10-11-16(2)18(14-15)19(21-13-12-20(3)4)17-8-6-5-7-9-17/h5-11,14,19H,12-13H2,1-4H3/t19-/m1/s1. The Kier molecular flexibility index (Phi) is 5.54. The van der Waals surface area contributed by atoms with Crippen LogP contribution in [0.3, 0.4) is 0 Å². The van der Waals surface area contributed by atoms with Gasteiger partial charge in [-0.1, -0.05) is 54.1 Å². The molecule has 0 radical (unpaired) electrons. The predicted octanol–water partition coefficient (Wildman–Crippen LogP) is 3.97. The van der Waals surface area contributed by atoms with Crippen LogP contribution in [0.5, 0.6) is 0 Å². The molecule has 0 heterocycles. The molecule has 2 rings (SSSR count). The van der Waals surface area contributed by atoms with E-state index >= 15 is 0 Å². The second-order valence-electron chi connectivity index (χ2n) is 5.82. The third-order valence-electron chi connectivity index (χ3n) is 3.64. The normalized spacial score (nSPS) is 12.6. The van der Waals surface area contributed by atoms with Crippen LogP contribution in [0.4, 0.5) is 0 Å². The zero-order valence-corrected chi connectivity index (χ0v) is 13.5. The number of hydrogen-bond acceptors (Lipinski definition) is 2. The SMILES string of the molecule is Cc1ccc(C)c([C@H](OCCN(C)C)c2ccccc2)c1. The monoisotopic (exact) mass is 283 g/mol. The van der Waals surface area contributed by atoms with Gasteiger partial charge in [-0.05, 0) is 44.6 Å². The van der Waals surface area contributed by atoms with Crippen molar-refractivity contribution in [3.05, 3.63) is 70.8 Å². The van der Waals surface area contributed by atoms with Crippen molar-refractivity contribution >= 4 is 0 Å². The van der Waals surface area contributed by atoms with Crippen molar-refractivity contribution in [1.29, 1.82) is 0 Å². The van der Waals surface area contributed by atoms with Gasteiger partial charge in [0.2, 0.25) is 0 Å². The highest BCUT2D eigenvalue weighted by molar-refractivity contribution is 5.38. The smallest absolute Gasteiger partial charge is 0.108 e. The third-order valence-corrected chi connectivity index (χ3v) is 3.64. The number of ether oxygens (including phenoxy) is 1. The van der Waals surface area contributed by atoms with E-state index in [1.807, 2.05) is 6.07 Å². The molecule has 0 aliphatic carbocycles. The molecule has 0 aliphatic rings. The topological polar surface area (TPSA) is 12.5 Å². The number of rotatable bonds is 6. The Labute approximate surface area is 128 Å². The molecule has 0 aliphatic heterocycles. The van der Waals surface area contributed by atoms with Gasteiger partial charge in [0, 0.05) is 6.54 Å². The zero-order valence-electron chi connectivity index (χ0n) is 13.5. The second kappa shape index (κ2) is 7.39. The molecular weight excluding hydrogens is 258 g/mol. The lowest BCUT2D eigenvalue weighted by molar-refractivity contribution is 0.0683. The molecule has 0 bridgehead atoms. The molecule has 21 heavy (non-hydrogen) atoms. The number of nitrogens with zero attached hydrogens (tertiary/aromatic N) is 1. The molecule has 0 saturated heterocycles. The Balaban J connectivity index is 2.29. The third kappa shape index (κ3) is 4.42. The minimum atomic E-state index is 0.00560. The number of benzene rings is 2. The van der Waals surface area contributed by atoms with Crippen molar-refractivity contribution in [1.82, 2.24) is 4.90 Å². The summed E-state index contributed by atoms with van der Waals surface area (Å²) in [7, 11) is 4.14. The van der Waals surface area contributed by atoms with Crippen LogP contribution in [-0.2, 0) is 4.74 Å². The van der Waals surface area contributed by atoms with E-state index in [2.05, 4.69) is 75.3 Å². The predicted molar refractivity (Wildman–Crippen MR) is 88.7 cm³/mol. The summed E-state index contributed by atoms with van der Waals surface area (Å²) in [5.74, 6) is 0. The molecule has 0 unspecified atom stereocenters. The van der Waals surface area contributed by atoms with Crippen LogP contribution in [-0.4, -0.2) is 32.1 Å². The van der Waals surface area contributed by atoms with Crippen LogP contribution >= 0.6 is 0 Å². The first-order chi connectivity index (χ1) is 10.1. The molecule has 2 aromatic rings. The maximum Gasteiger partial charge on any atom is 0.108 e. The summed E-state index contributed by atoms with van der Waals surface area (Å²) in [4.78, 5) is 2.14. The number of hydrogen-bond donors (Lipinski definition) is 0. The maximum absolute atomic E-state index is 6.22. The van der Waals surface area contributed by atoms with Gasteiger partial charge in [-0.25, -0.2) is 0 Å². The van der Waals surface area contributed by atoms with E-state index in [9.17, 15) is 0 Å². The first-order valence-electron chi connectivity index (χ1n) is 7.46. The van der Waals surface area contributed by atoms with Gasteiger partial charge in [-0.3, -0.25) is 0 Å². The van der Waals surface area contributed by atoms with E-state index in [-0.39, 0.29) is 6.10 Å². The number of aryl methyl sites for hydroxylation is 2. The quantitative estimate of drug-likeness (QED) is 0.795. The van der Waals surface area contributed by atoms with Gasteiger partial charge >= 0.3 is 0 Å². The Morgan fingerprint density at radius 1 is 1.00 bits per heavy atom. The van der Waals surface area contributed by atoms with Crippen molar-refractivity contribution < 1.29 is 4.74 Å². The van der Waals surface area contributed by atoms with Crippen LogP contribution in [0.1, 0.15) is 28.4 Å². The maximum atomic E-state index is 6.22. The highest BCUT2D eigenvalue weighted by Crippen LogP contribution is 2.29. The van der Waals surface area contributed by atoms with Crippen LogP contribution in [0.2, 0.25) is 0 Å². The summed E-state index contributed by atoms with van der Waals surface area (Å²) in [5, 5.41) is 0. The molecule has 0 aromatic heterocycles. The van der Waals surface area contributed by atoms with Crippen LogP contribution < -0.4 is 0 Å². The molecule has 1 atom stereocenters. The lowest BCUT2D eigenvalue weighted by Gasteiger charge is -2.22. The van der Waals surface area contributed by atoms with Gasteiger partial charge in [0.1, 0.15) is 6.10 Å². The first-order valence-corrected chi connectivity index (χ1v) is 7.46. The summed E-state index contributed by atoms with van der Waals surface area (Å²) in [6.45, 7) is 5.93. The van der Waals surface area contributed by atoms with E-state index in [1.54, 1.807) is 0 Å². The summed E-state index contributed by atoms with van der Waals surface area (Å²) in [6, 6.07) is 17.0. The van der Waals surface area contributed by atoms with Crippen molar-refractivity contribution in [2.75, 3.05) is 27.2 Å². The van der Waals surface area contributed by atoms with E-state index < -0.39 is 0 Å². The van der Waals surface area contributed by atoms with Gasteiger partial charge in [0.15, 0.2) is 0 Å². The first kappa shape index (κ1) is 15.7. The van der Waals surface area contributed by atoms with Crippen molar-refractivity contribution in [2.24, 2.45) is 0 Å². The van der Waals surface area contributed by atoms with Crippen molar-refractivity contribution in [2.45, 2.75) is 20.0 Å². The average molecular weight is 283 g/mol. The lowest BCUT2D eigenvalue weighted by Crippen LogP contribution is -2.20. The van der Waals surface area contributed by atoms with Gasteiger partial charge in [0.05, 0.1) is 6.61 Å². The Morgan fingerprint density at radius 3 is 2.38 bits per heavy atom. The van der Waals surface area contributed by atoms with E-state index in [0.717, 1.165) is 13.2 Å².